The molecule has 2 aliphatic rings. The van der Waals surface area contributed by atoms with E-state index in [9.17, 15) is 28.8 Å². The van der Waals surface area contributed by atoms with E-state index < -0.39 is 48.1 Å². The Hall–Kier alpha value is -5.64. The van der Waals surface area contributed by atoms with Crippen LogP contribution in [0.25, 0.3) is 6.08 Å². The Morgan fingerprint density at radius 3 is 2.00 bits per heavy atom. The third-order valence-corrected chi connectivity index (χ3v) is 13.5. The third-order valence-electron chi connectivity index (χ3n) is 12.3. The number of fused-ring (bicyclic) bond motifs is 2. The van der Waals surface area contributed by atoms with E-state index in [0.717, 1.165) is 25.0 Å². The fraction of sp³-hybridized carbons (Fsp3) is 0.491. The Morgan fingerprint density at radius 1 is 0.754 bits per heavy atom. The van der Waals surface area contributed by atoms with Gasteiger partial charge in [-0.25, -0.2) is 4.79 Å². The monoisotopic (exact) mass is 970 g/mol. The van der Waals surface area contributed by atoms with Gasteiger partial charge in [-0.2, -0.15) is 0 Å². The molecule has 0 spiro atoms. The van der Waals surface area contributed by atoms with Gasteiger partial charge in [0.2, 0.25) is 11.8 Å². The molecule has 16 heteroatoms. The maximum atomic E-state index is 15.9. The van der Waals surface area contributed by atoms with Crippen molar-refractivity contribution in [1.82, 2.24) is 20.4 Å². The van der Waals surface area contributed by atoms with E-state index in [0.29, 0.717) is 48.5 Å². The number of allylic oxidation sites excluding steroid dienone is 2. The normalized spacial score (nSPS) is 15.5. The molecule has 372 valence electrons. The Morgan fingerprint density at radius 2 is 1.36 bits per heavy atom. The van der Waals surface area contributed by atoms with E-state index in [2.05, 4.69) is 16.0 Å². The summed E-state index contributed by atoms with van der Waals surface area (Å²) in [7, 11) is 0. The Kier molecular flexibility index (Phi) is 19.9. The summed E-state index contributed by atoms with van der Waals surface area (Å²) in [5.41, 5.74) is 3.32. The summed E-state index contributed by atoms with van der Waals surface area (Å²) in [6, 6.07) is 18.3. The molecule has 0 saturated heterocycles. The highest BCUT2D eigenvalue weighted by Gasteiger charge is 2.52. The first-order valence-corrected chi connectivity index (χ1v) is 25.2. The lowest BCUT2D eigenvalue weighted by atomic mass is 9.87. The summed E-state index contributed by atoms with van der Waals surface area (Å²) < 4.78 is 39.3. The lowest BCUT2D eigenvalue weighted by Gasteiger charge is -2.30. The molecule has 3 aromatic rings. The molecule has 2 aliphatic heterocycles. The number of ether oxygens (including phenoxy) is 1. The summed E-state index contributed by atoms with van der Waals surface area (Å²) in [5, 5.41) is 7.73. The molecule has 3 amide bonds. The van der Waals surface area contributed by atoms with Crippen LogP contribution in [-0.2, 0) is 35.3 Å². The summed E-state index contributed by atoms with van der Waals surface area (Å²) in [5.74, 6) is -2.31. The second-order valence-electron chi connectivity index (χ2n) is 19.7. The number of hydrogen-bond donors (Lipinski definition) is 3. The number of Topliss-reactive ketones (excluding diaryl/α,β-unsaturated/α-hetero) is 3. The van der Waals surface area contributed by atoms with Crippen LogP contribution < -0.4 is 16.0 Å². The van der Waals surface area contributed by atoms with Crippen molar-refractivity contribution < 1.29 is 46.6 Å². The topological polar surface area (TPSA) is 156 Å². The number of thioether (sulfide) groups is 1. The Balaban J connectivity index is 1.19. The molecule has 12 nitrogen and oxygen atoms in total. The standard InChI is InChI=1S/C53H70BF2N5O7S/c1-34(2)26-40(30-48(63)46(28-36(5)6)59-53(67)68-33-39-16-11-9-12-17-39)51(65)58-45(27-35(3)4)49(64)32-50(69-44-19-13-10-14-20-44)52(66)57-25-15-18-43(62)24-23-41-21-22-42-31-47-37(7)29-38(8)60(47)54(55,56)61(41)42/h9-14,16-17,19-22,29,31,34-36,40,45-46,50H,15,18,23-28,30,32-33H2,1-8H3,(H,57,66)(H,58,65)(H,59,67)/t40-,45+,46?,50?/m1/s1. The second kappa shape index (κ2) is 25.3. The van der Waals surface area contributed by atoms with Gasteiger partial charge in [0.05, 0.1) is 17.3 Å². The Bertz CT molecular complexity index is 2400. The minimum absolute atomic E-state index is 0.00266. The van der Waals surface area contributed by atoms with Crippen LogP contribution in [0.15, 0.2) is 89.5 Å². The third kappa shape index (κ3) is 15.7. The maximum absolute atomic E-state index is 15.9. The van der Waals surface area contributed by atoms with Crippen molar-refractivity contribution in [2.75, 3.05) is 6.54 Å². The predicted octanol–water partition coefficient (Wildman–Crippen LogP) is 9.56. The lowest BCUT2D eigenvalue weighted by Crippen LogP contribution is -2.50. The number of halogens is 2. The van der Waals surface area contributed by atoms with Crippen LogP contribution >= 0.6 is 11.8 Å². The van der Waals surface area contributed by atoms with Crippen molar-refractivity contribution >= 4 is 65.8 Å². The molecule has 1 aromatic heterocycles. The molecule has 0 fully saturated rings. The van der Waals surface area contributed by atoms with E-state index in [1.54, 1.807) is 31.2 Å². The molecule has 0 radical (unpaired) electrons. The van der Waals surface area contributed by atoms with Crippen LogP contribution in [0.4, 0.5) is 13.4 Å². The van der Waals surface area contributed by atoms with Crippen molar-refractivity contribution in [2.45, 2.75) is 142 Å². The first kappa shape index (κ1) is 54.3. The van der Waals surface area contributed by atoms with Crippen LogP contribution in [0.2, 0.25) is 0 Å². The van der Waals surface area contributed by atoms with E-state index in [1.807, 2.05) is 109 Å². The van der Waals surface area contributed by atoms with E-state index in [1.165, 1.54) is 11.8 Å². The zero-order valence-corrected chi connectivity index (χ0v) is 42.2. The molecule has 0 saturated carbocycles. The van der Waals surface area contributed by atoms with Crippen LogP contribution in [0.3, 0.4) is 0 Å². The number of rotatable bonds is 27. The van der Waals surface area contributed by atoms with Gasteiger partial charge in [0.15, 0.2) is 17.3 Å². The van der Waals surface area contributed by atoms with Gasteiger partial charge in [0.1, 0.15) is 18.1 Å². The number of carbonyl (C=O) groups excluding carboxylic acids is 6. The minimum Gasteiger partial charge on any atom is -0.445 e. The number of benzene rings is 2. The lowest BCUT2D eigenvalue weighted by molar-refractivity contribution is -0.362. The number of alkyl carbamates (subject to hydrolysis) is 1. The number of amides is 3. The minimum atomic E-state index is -4.13. The molecule has 2 aromatic carbocycles. The molecule has 4 atom stereocenters. The van der Waals surface area contributed by atoms with Crippen LogP contribution in [0.5, 0.6) is 0 Å². The molecular weight excluding hydrogens is 899 g/mol. The quantitative estimate of drug-likeness (QED) is 0.0388. The fourth-order valence-corrected chi connectivity index (χ4v) is 10.1. The number of nitrogens with one attached hydrogen (secondary N) is 3. The fourth-order valence-electron chi connectivity index (χ4n) is 8.99. The molecular formula is C53H70BF2N5O7S. The molecule has 69 heavy (non-hydrogen) atoms. The van der Waals surface area contributed by atoms with Gasteiger partial charge in [-0.05, 0) is 92.3 Å². The van der Waals surface area contributed by atoms with Gasteiger partial charge < -0.3 is 38.3 Å². The zero-order valence-electron chi connectivity index (χ0n) is 41.4. The van der Waals surface area contributed by atoms with Crippen molar-refractivity contribution in [3.05, 3.63) is 107 Å². The van der Waals surface area contributed by atoms with Crippen molar-refractivity contribution in [2.24, 2.45) is 23.7 Å². The number of nitrogens with zero attached hydrogens (tertiary/aromatic N) is 2. The number of hydrogen-bond acceptors (Lipinski definition) is 8. The van der Waals surface area contributed by atoms with Crippen LogP contribution in [0, 0.1) is 37.5 Å². The number of ketones is 3. The second-order valence-corrected chi connectivity index (χ2v) is 21.0. The zero-order chi connectivity index (χ0) is 50.4. The highest BCUT2D eigenvalue weighted by molar-refractivity contribution is 8.00. The first-order valence-electron chi connectivity index (χ1n) is 24.3. The maximum Gasteiger partial charge on any atom is 0.737 e. The number of aryl methyl sites for hydroxylation is 2. The van der Waals surface area contributed by atoms with Gasteiger partial charge in [0.25, 0.3) is 0 Å². The van der Waals surface area contributed by atoms with Gasteiger partial charge >= 0.3 is 13.1 Å². The molecule has 0 aliphatic carbocycles. The van der Waals surface area contributed by atoms with Gasteiger partial charge in [0, 0.05) is 73.4 Å². The average molecular weight is 970 g/mol. The van der Waals surface area contributed by atoms with Crippen LogP contribution in [0.1, 0.15) is 122 Å². The van der Waals surface area contributed by atoms with Gasteiger partial charge in [-0.1, -0.05) is 90.1 Å². The van der Waals surface area contributed by atoms with Crippen molar-refractivity contribution in [1.29, 1.82) is 0 Å². The molecule has 3 heterocycles. The smallest absolute Gasteiger partial charge is 0.445 e. The largest absolute Gasteiger partial charge is 0.737 e. The predicted molar refractivity (Wildman–Crippen MR) is 269 cm³/mol. The summed E-state index contributed by atoms with van der Waals surface area (Å²) in [6.45, 7) is 11.2. The van der Waals surface area contributed by atoms with Crippen molar-refractivity contribution in [3.63, 3.8) is 0 Å². The van der Waals surface area contributed by atoms with Gasteiger partial charge in [-0.3, -0.25) is 24.0 Å². The summed E-state index contributed by atoms with van der Waals surface area (Å²) >= 11 is 1.23. The van der Waals surface area contributed by atoms with Gasteiger partial charge in [-0.15, -0.1) is 11.8 Å². The molecule has 5 rings (SSSR count). The highest BCUT2D eigenvalue weighted by Crippen LogP contribution is 2.35. The van der Waals surface area contributed by atoms with E-state index in [-0.39, 0.29) is 80.4 Å². The van der Waals surface area contributed by atoms with E-state index in [4.69, 9.17) is 4.74 Å². The average Bonchev–Trinajstić information content (AvgIpc) is 3.85. The number of aromatic nitrogens is 1. The summed E-state index contributed by atoms with van der Waals surface area (Å²) in [6.07, 6.45) is 5.65. The molecule has 0 bridgehead atoms. The molecule has 2 unspecified atom stereocenters. The van der Waals surface area contributed by atoms with Crippen LogP contribution in [-0.4, -0.2) is 80.8 Å². The Labute approximate surface area is 410 Å². The molecule has 3 N–H and O–H groups in total. The van der Waals surface area contributed by atoms with E-state index >= 15 is 8.63 Å². The van der Waals surface area contributed by atoms with Crippen molar-refractivity contribution in [3.8, 4) is 0 Å². The summed E-state index contributed by atoms with van der Waals surface area (Å²) in [4.78, 5) is 82.9. The number of carbonyl (C=O) groups is 6. The highest BCUT2D eigenvalue weighted by atomic mass is 32.2. The first-order chi connectivity index (χ1) is 32.7. The SMILES string of the molecule is Cc1cc(C)n2c1C=C1C=CC(CCC(=O)CCCNC(=O)C(CC(=O)[C@H](CC(C)C)NC(=O)[C@@H](CC(=O)C(CC(C)C)NC(=O)OCc3ccccc3)CC(C)C)Sc3ccccc3)=[N+]1[B-]2(F)F.